The number of methoxy groups -OCH3 is 2. The van der Waals surface area contributed by atoms with Gasteiger partial charge >= 0.3 is 5.97 Å². The Morgan fingerprint density at radius 3 is 2.38 bits per heavy atom. The molecule has 1 atom stereocenters. The van der Waals surface area contributed by atoms with E-state index in [1.54, 1.807) is 56.5 Å². The third-order valence-corrected chi connectivity index (χ3v) is 9.15. The summed E-state index contributed by atoms with van der Waals surface area (Å²) >= 11 is 7.85. The van der Waals surface area contributed by atoms with E-state index >= 15 is 0 Å². The summed E-state index contributed by atoms with van der Waals surface area (Å²) in [6.45, 7) is 1.95. The Balaban J connectivity index is 1.45. The molecule has 0 fully saturated rings. The normalized spacial score (nSPS) is 14.1. The maximum Gasteiger partial charge on any atom is 0.338 e. The van der Waals surface area contributed by atoms with Crippen LogP contribution in [-0.2, 0) is 16.1 Å². The first kappa shape index (κ1) is 34.2. The van der Waals surface area contributed by atoms with Crippen LogP contribution in [0.4, 0.5) is 5.69 Å². The smallest absolute Gasteiger partial charge is 0.338 e. The van der Waals surface area contributed by atoms with E-state index in [2.05, 4.69) is 0 Å². The number of fused-ring (bicyclic) bond motifs is 1. The first-order chi connectivity index (χ1) is 24.2. The quantitative estimate of drug-likeness (QED) is 0.0914. The van der Waals surface area contributed by atoms with Gasteiger partial charge in [0.15, 0.2) is 16.3 Å². The lowest BCUT2D eigenvalue weighted by Gasteiger charge is -2.26. The number of non-ortho nitro benzene ring substituents is 1. The van der Waals surface area contributed by atoms with Crippen LogP contribution in [0, 0.1) is 10.1 Å². The van der Waals surface area contributed by atoms with E-state index < -0.39 is 16.9 Å². The molecule has 4 aromatic carbocycles. The highest BCUT2D eigenvalue weighted by atomic mass is 35.5. The number of hydrogen-bond acceptors (Lipinski definition) is 10. The fourth-order valence-electron chi connectivity index (χ4n) is 5.53. The van der Waals surface area contributed by atoms with E-state index in [1.807, 2.05) is 42.5 Å². The molecule has 13 heteroatoms. The number of esters is 1. The number of aromatic nitrogens is 1. The van der Waals surface area contributed by atoms with E-state index in [0.29, 0.717) is 48.8 Å². The van der Waals surface area contributed by atoms with Crippen molar-refractivity contribution in [3.63, 3.8) is 0 Å². The molecule has 0 N–H and O–H groups in total. The third-order valence-electron chi connectivity index (χ3n) is 7.89. The van der Waals surface area contributed by atoms with Crippen LogP contribution in [0.5, 0.6) is 17.2 Å². The highest BCUT2D eigenvalue weighted by molar-refractivity contribution is 7.07. The maximum atomic E-state index is 14.3. The molecular formula is C37H30ClN3O8S. The molecule has 0 radical (unpaired) electrons. The number of nitro benzene ring substituents is 1. The zero-order valence-corrected chi connectivity index (χ0v) is 28.7. The molecule has 1 aromatic heterocycles. The number of rotatable bonds is 11. The van der Waals surface area contributed by atoms with Crippen LogP contribution in [0.3, 0.4) is 0 Å². The van der Waals surface area contributed by atoms with Crippen molar-refractivity contribution in [3.8, 4) is 17.2 Å². The topological polar surface area (TPSA) is 131 Å². The average Bonchev–Trinajstić information content (AvgIpc) is 3.44. The van der Waals surface area contributed by atoms with Crippen molar-refractivity contribution in [2.24, 2.45) is 4.99 Å². The number of benzene rings is 4. The first-order valence-corrected chi connectivity index (χ1v) is 16.6. The standard InChI is InChI=1S/C37H30ClN3O8S/c1-4-48-36(43)31-32(24-8-6-5-7-9-24)39-37-40(33(31)25-12-16-27(46-2)17-13-25)35(42)30(50-37)20-23-18-28(38)34(29(19-23)47-3)49-21-22-10-14-26(15-11-22)41(44)45/h5-20,33H,4,21H2,1-3H3/b30-20-/t33-/m1/s1. The number of ether oxygens (including phenoxy) is 4. The van der Waals surface area contributed by atoms with Crippen LogP contribution in [0.2, 0.25) is 5.02 Å². The van der Waals surface area contributed by atoms with E-state index in [1.165, 1.54) is 35.1 Å². The lowest BCUT2D eigenvalue weighted by atomic mass is 9.93. The summed E-state index contributed by atoms with van der Waals surface area (Å²) in [7, 11) is 3.04. The van der Waals surface area contributed by atoms with Crippen molar-refractivity contribution in [3.05, 3.63) is 154 Å². The van der Waals surface area contributed by atoms with Crippen molar-refractivity contribution in [2.75, 3.05) is 20.8 Å². The van der Waals surface area contributed by atoms with Crippen LogP contribution in [0.25, 0.3) is 11.8 Å². The van der Waals surface area contributed by atoms with Crippen LogP contribution < -0.4 is 29.1 Å². The van der Waals surface area contributed by atoms with Gasteiger partial charge in [-0.15, -0.1) is 0 Å². The van der Waals surface area contributed by atoms with Gasteiger partial charge in [0, 0.05) is 17.7 Å². The third kappa shape index (κ3) is 6.89. The molecule has 0 amide bonds. The minimum absolute atomic E-state index is 0.0253. The second-order valence-electron chi connectivity index (χ2n) is 11.0. The maximum absolute atomic E-state index is 14.3. The molecular weight excluding hydrogens is 682 g/mol. The zero-order valence-electron chi connectivity index (χ0n) is 27.1. The largest absolute Gasteiger partial charge is 0.497 e. The predicted octanol–water partition coefficient (Wildman–Crippen LogP) is 6.09. The summed E-state index contributed by atoms with van der Waals surface area (Å²) in [5, 5.41) is 11.2. The number of thiazole rings is 1. The molecule has 0 bridgehead atoms. The second kappa shape index (κ2) is 14.8. The Hall–Kier alpha value is -5.72. The van der Waals surface area contributed by atoms with E-state index in [9.17, 15) is 19.7 Å². The molecule has 1 aliphatic rings. The van der Waals surface area contributed by atoms with Gasteiger partial charge in [-0.3, -0.25) is 19.5 Å². The lowest BCUT2D eigenvalue weighted by Crippen LogP contribution is -2.40. The lowest BCUT2D eigenvalue weighted by molar-refractivity contribution is -0.384. The van der Waals surface area contributed by atoms with Crippen molar-refractivity contribution in [1.82, 2.24) is 4.57 Å². The highest BCUT2D eigenvalue weighted by Crippen LogP contribution is 2.38. The summed E-state index contributed by atoms with van der Waals surface area (Å²) in [5.74, 6) is 0.644. The fourth-order valence-corrected chi connectivity index (χ4v) is 6.80. The molecule has 6 rings (SSSR count). The Kier molecular flexibility index (Phi) is 10.1. The van der Waals surface area contributed by atoms with Gasteiger partial charge in [-0.25, -0.2) is 9.79 Å². The van der Waals surface area contributed by atoms with E-state index in [0.717, 1.165) is 0 Å². The summed E-state index contributed by atoms with van der Waals surface area (Å²) in [6.07, 6.45) is 1.68. The van der Waals surface area contributed by atoms with E-state index in [4.69, 9.17) is 35.5 Å². The molecule has 0 saturated heterocycles. The summed E-state index contributed by atoms with van der Waals surface area (Å²) in [4.78, 5) is 43.7. The van der Waals surface area contributed by atoms with Crippen LogP contribution in [-0.4, -0.2) is 36.3 Å². The predicted molar refractivity (Wildman–Crippen MR) is 189 cm³/mol. The molecule has 0 aliphatic carbocycles. The number of hydrogen-bond donors (Lipinski definition) is 0. The average molecular weight is 712 g/mol. The molecule has 254 valence electrons. The Bertz CT molecular complexity index is 2280. The first-order valence-electron chi connectivity index (χ1n) is 15.4. The molecule has 0 spiro atoms. The summed E-state index contributed by atoms with van der Waals surface area (Å²) in [6, 6.07) is 25.0. The van der Waals surface area contributed by atoms with Crippen molar-refractivity contribution >= 4 is 46.4 Å². The van der Waals surface area contributed by atoms with Gasteiger partial charge in [-0.05, 0) is 66.1 Å². The number of carbonyl (C=O) groups excluding carboxylic acids is 1. The minimum Gasteiger partial charge on any atom is -0.497 e. The van der Waals surface area contributed by atoms with Crippen LogP contribution in [0.15, 0.2) is 106 Å². The van der Waals surface area contributed by atoms with Gasteiger partial charge in [-0.2, -0.15) is 0 Å². The monoisotopic (exact) mass is 711 g/mol. The molecule has 11 nitrogen and oxygen atoms in total. The Morgan fingerprint density at radius 2 is 1.74 bits per heavy atom. The second-order valence-corrected chi connectivity index (χ2v) is 12.4. The molecule has 1 aliphatic heterocycles. The van der Waals surface area contributed by atoms with Crippen LogP contribution >= 0.6 is 22.9 Å². The Morgan fingerprint density at radius 1 is 1.02 bits per heavy atom. The van der Waals surface area contributed by atoms with Gasteiger partial charge in [0.1, 0.15) is 12.4 Å². The van der Waals surface area contributed by atoms with Crippen LogP contribution in [0.1, 0.15) is 35.2 Å². The SMILES string of the molecule is CCOC(=O)C1=C(c2ccccc2)N=c2s/c(=C\c3cc(Cl)c(OCc4ccc([N+](=O)[O-])cc4)c(OC)c3)c(=O)n2[C@@H]1c1ccc(OC)cc1. The van der Waals surface area contributed by atoms with Crippen molar-refractivity contribution in [2.45, 2.75) is 19.6 Å². The number of nitrogens with zero attached hydrogens (tertiary/aromatic N) is 3. The summed E-state index contributed by atoms with van der Waals surface area (Å²) < 4.78 is 24.3. The molecule has 0 unspecified atom stereocenters. The molecule has 0 saturated carbocycles. The van der Waals surface area contributed by atoms with Gasteiger partial charge in [0.2, 0.25) is 0 Å². The fraction of sp³-hybridized carbons (Fsp3) is 0.162. The van der Waals surface area contributed by atoms with Gasteiger partial charge < -0.3 is 18.9 Å². The van der Waals surface area contributed by atoms with Crippen molar-refractivity contribution < 1.29 is 28.7 Å². The Labute approximate surface area is 295 Å². The number of nitro groups is 1. The molecule has 5 aromatic rings. The van der Waals surface area contributed by atoms with Gasteiger partial charge in [-0.1, -0.05) is 65.4 Å². The number of halogens is 1. The number of carbonyl (C=O) groups is 1. The molecule has 50 heavy (non-hydrogen) atoms. The van der Waals surface area contributed by atoms with Crippen molar-refractivity contribution in [1.29, 1.82) is 0 Å². The van der Waals surface area contributed by atoms with Gasteiger partial charge in [0.05, 0.1) is 52.6 Å². The van der Waals surface area contributed by atoms with E-state index in [-0.39, 0.29) is 40.8 Å². The highest BCUT2D eigenvalue weighted by Gasteiger charge is 2.35. The molecule has 2 heterocycles. The zero-order chi connectivity index (χ0) is 35.4. The summed E-state index contributed by atoms with van der Waals surface area (Å²) in [5.41, 5.74) is 2.89. The minimum atomic E-state index is -0.845. The van der Waals surface area contributed by atoms with Gasteiger partial charge in [0.25, 0.3) is 11.2 Å².